The Kier molecular flexibility index (Phi) is 6.70. The van der Waals surface area contributed by atoms with Crippen molar-refractivity contribution in [3.63, 3.8) is 0 Å². The Labute approximate surface area is 157 Å². The fraction of sp³-hybridized carbons (Fsp3) is 0.636. The lowest BCUT2D eigenvalue weighted by molar-refractivity contribution is -0.141. The summed E-state index contributed by atoms with van der Waals surface area (Å²) in [6, 6.07) is 10.1. The number of amides is 2. The monoisotopic (exact) mass is 356 g/mol. The van der Waals surface area contributed by atoms with Crippen LogP contribution in [0, 0.1) is 11.8 Å². The van der Waals surface area contributed by atoms with Crippen molar-refractivity contribution in [1.82, 2.24) is 9.80 Å². The van der Waals surface area contributed by atoms with Gasteiger partial charge < -0.3 is 9.80 Å². The van der Waals surface area contributed by atoms with Gasteiger partial charge in [0.1, 0.15) is 0 Å². The zero-order valence-corrected chi connectivity index (χ0v) is 16.0. The van der Waals surface area contributed by atoms with Gasteiger partial charge >= 0.3 is 0 Å². The highest BCUT2D eigenvalue weighted by atomic mass is 16.2. The molecule has 26 heavy (non-hydrogen) atoms. The Balaban J connectivity index is 1.48. The first-order chi connectivity index (χ1) is 12.6. The molecule has 142 valence electrons. The van der Waals surface area contributed by atoms with Crippen LogP contribution in [-0.4, -0.2) is 41.8 Å². The van der Waals surface area contributed by atoms with E-state index in [1.54, 1.807) is 0 Å². The van der Waals surface area contributed by atoms with E-state index in [9.17, 15) is 9.59 Å². The lowest BCUT2D eigenvalue weighted by Gasteiger charge is -2.32. The topological polar surface area (TPSA) is 40.6 Å². The van der Waals surface area contributed by atoms with E-state index in [2.05, 4.69) is 17.0 Å². The van der Waals surface area contributed by atoms with E-state index in [-0.39, 0.29) is 17.7 Å². The number of nitrogens with zero attached hydrogens (tertiary/aromatic N) is 2. The lowest BCUT2D eigenvalue weighted by atomic mass is 9.80. The van der Waals surface area contributed by atoms with Crippen LogP contribution >= 0.6 is 0 Å². The molecule has 4 nitrogen and oxygen atoms in total. The van der Waals surface area contributed by atoms with E-state index in [0.29, 0.717) is 12.5 Å². The van der Waals surface area contributed by atoms with Gasteiger partial charge in [-0.2, -0.15) is 0 Å². The average molecular weight is 357 g/mol. The van der Waals surface area contributed by atoms with Crippen LogP contribution in [0.2, 0.25) is 0 Å². The van der Waals surface area contributed by atoms with Gasteiger partial charge in [0.15, 0.2) is 0 Å². The zero-order valence-electron chi connectivity index (χ0n) is 16.0. The summed E-state index contributed by atoms with van der Waals surface area (Å²) in [7, 11) is 1.89. The number of carbonyl (C=O) groups excluding carboxylic acids is 2. The van der Waals surface area contributed by atoms with Crippen molar-refractivity contribution in [3.8, 4) is 0 Å². The molecule has 0 aromatic heterocycles. The van der Waals surface area contributed by atoms with Gasteiger partial charge in [-0.1, -0.05) is 43.2 Å². The highest BCUT2D eigenvalue weighted by Crippen LogP contribution is 2.32. The van der Waals surface area contributed by atoms with Crippen molar-refractivity contribution < 1.29 is 9.59 Å². The number of benzene rings is 1. The summed E-state index contributed by atoms with van der Waals surface area (Å²) in [5.74, 6) is 0.790. The third kappa shape index (κ3) is 4.87. The molecule has 2 aliphatic rings. The first-order valence-electron chi connectivity index (χ1n) is 10.2. The van der Waals surface area contributed by atoms with Crippen molar-refractivity contribution in [2.75, 3.05) is 20.1 Å². The van der Waals surface area contributed by atoms with Crippen molar-refractivity contribution in [2.24, 2.45) is 11.8 Å². The van der Waals surface area contributed by atoms with E-state index < -0.39 is 0 Å². The Morgan fingerprint density at radius 2 is 1.50 bits per heavy atom. The number of rotatable bonds is 4. The number of carbonyl (C=O) groups is 2. The Morgan fingerprint density at radius 3 is 2.12 bits per heavy atom. The highest BCUT2D eigenvalue weighted by Gasteiger charge is 2.33. The fourth-order valence-electron chi connectivity index (χ4n) is 4.38. The first-order valence-corrected chi connectivity index (χ1v) is 10.2. The SMILES string of the molecule is CN(Cc1ccccc1)C(=O)C1CCC(C(=O)N2CCCCCC2)CC1. The van der Waals surface area contributed by atoms with Gasteiger partial charge in [-0.3, -0.25) is 9.59 Å². The Bertz CT molecular complexity index is 585. The molecule has 3 rings (SSSR count). The van der Waals surface area contributed by atoms with Crippen molar-refractivity contribution in [1.29, 1.82) is 0 Å². The number of likely N-dealkylation sites (tertiary alicyclic amines) is 1. The van der Waals surface area contributed by atoms with Crippen LogP contribution < -0.4 is 0 Å². The second-order valence-electron chi connectivity index (χ2n) is 7.97. The minimum absolute atomic E-state index is 0.0805. The summed E-state index contributed by atoms with van der Waals surface area (Å²) in [6.45, 7) is 2.52. The predicted octanol–water partition coefficient (Wildman–Crippen LogP) is 3.85. The molecule has 1 aromatic carbocycles. The second-order valence-corrected chi connectivity index (χ2v) is 7.97. The molecule has 0 spiro atoms. The fourth-order valence-corrected chi connectivity index (χ4v) is 4.38. The minimum atomic E-state index is 0.0805. The maximum Gasteiger partial charge on any atom is 0.225 e. The van der Waals surface area contributed by atoms with Crippen molar-refractivity contribution >= 4 is 11.8 Å². The maximum absolute atomic E-state index is 12.8. The predicted molar refractivity (Wildman–Crippen MR) is 103 cm³/mol. The van der Waals surface area contributed by atoms with Crippen LogP contribution in [0.15, 0.2) is 30.3 Å². The van der Waals surface area contributed by atoms with Gasteiger partial charge in [0.05, 0.1) is 0 Å². The summed E-state index contributed by atoms with van der Waals surface area (Å²) < 4.78 is 0. The normalized spacial score (nSPS) is 24.0. The van der Waals surface area contributed by atoms with Crippen LogP contribution in [0.4, 0.5) is 0 Å². The number of hydrogen-bond donors (Lipinski definition) is 0. The standard InChI is InChI=1S/C22H32N2O2/c1-23(17-18-9-5-4-6-10-18)21(25)19-11-13-20(14-12-19)22(26)24-15-7-2-3-8-16-24/h4-6,9-10,19-20H,2-3,7-8,11-17H2,1H3. The highest BCUT2D eigenvalue weighted by molar-refractivity contribution is 5.81. The molecular weight excluding hydrogens is 324 g/mol. The van der Waals surface area contributed by atoms with Gasteiger partial charge in [0.25, 0.3) is 0 Å². The summed E-state index contributed by atoms with van der Waals surface area (Å²) in [5.41, 5.74) is 1.16. The van der Waals surface area contributed by atoms with Gasteiger partial charge in [-0.15, -0.1) is 0 Å². The van der Waals surface area contributed by atoms with Gasteiger partial charge in [0, 0.05) is 38.5 Å². The lowest BCUT2D eigenvalue weighted by Crippen LogP contribution is -2.40. The Morgan fingerprint density at radius 1 is 0.923 bits per heavy atom. The molecule has 1 aromatic rings. The van der Waals surface area contributed by atoms with E-state index in [1.165, 1.54) is 12.8 Å². The zero-order chi connectivity index (χ0) is 18.4. The number of hydrogen-bond acceptors (Lipinski definition) is 2. The Hall–Kier alpha value is -1.84. The van der Waals surface area contributed by atoms with Crippen molar-refractivity contribution in [2.45, 2.75) is 57.9 Å². The van der Waals surface area contributed by atoms with Crippen LogP contribution in [0.3, 0.4) is 0 Å². The molecule has 4 heteroatoms. The third-order valence-electron chi connectivity index (χ3n) is 5.98. The summed E-state index contributed by atoms with van der Waals surface area (Å²) in [4.78, 5) is 29.5. The van der Waals surface area contributed by atoms with E-state index in [4.69, 9.17) is 0 Å². The summed E-state index contributed by atoms with van der Waals surface area (Å²) in [5, 5.41) is 0. The van der Waals surface area contributed by atoms with Gasteiger partial charge in [-0.25, -0.2) is 0 Å². The molecular formula is C22H32N2O2. The molecule has 2 amide bonds. The van der Waals surface area contributed by atoms with Crippen LogP contribution in [0.5, 0.6) is 0 Å². The van der Waals surface area contributed by atoms with Crippen LogP contribution in [0.25, 0.3) is 0 Å². The molecule has 1 aliphatic carbocycles. The molecule has 0 radical (unpaired) electrons. The second kappa shape index (κ2) is 9.20. The minimum Gasteiger partial charge on any atom is -0.342 e. The summed E-state index contributed by atoms with van der Waals surface area (Å²) >= 11 is 0. The molecule has 0 bridgehead atoms. The van der Waals surface area contributed by atoms with Crippen LogP contribution in [-0.2, 0) is 16.1 Å². The van der Waals surface area contributed by atoms with Crippen molar-refractivity contribution in [3.05, 3.63) is 35.9 Å². The first kappa shape index (κ1) is 18.9. The van der Waals surface area contributed by atoms with E-state index >= 15 is 0 Å². The van der Waals surface area contributed by atoms with Gasteiger partial charge in [-0.05, 0) is 44.1 Å². The average Bonchev–Trinajstić information content (AvgIpc) is 2.97. The molecule has 1 aliphatic heterocycles. The smallest absolute Gasteiger partial charge is 0.225 e. The molecule has 0 atom stereocenters. The molecule has 1 saturated heterocycles. The largest absolute Gasteiger partial charge is 0.342 e. The molecule has 1 saturated carbocycles. The van der Waals surface area contributed by atoms with E-state index in [1.807, 2.05) is 30.1 Å². The molecule has 2 fully saturated rings. The molecule has 1 heterocycles. The molecule has 0 N–H and O–H groups in total. The van der Waals surface area contributed by atoms with Gasteiger partial charge in [0.2, 0.25) is 11.8 Å². The summed E-state index contributed by atoms with van der Waals surface area (Å²) in [6.07, 6.45) is 8.21. The van der Waals surface area contributed by atoms with Crippen LogP contribution in [0.1, 0.15) is 56.9 Å². The maximum atomic E-state index is 12.8. The quantitative estimate of drug-likeness (QED) is 0.822. The third-order valence-corrected chi connectivity index (χ3v) is 5.98. The van der Waals surface area contributed by atoms with E-state index in [0.717, 1.165) is 57.2 Å². The molecule has 0 unspecified atom stereocenters.